The second kappa shape index (κ2) is 23.5. The summed E-state index contributed by atoms with van der Waals surface area (Å²) in [5.74, 6) is 0.791. The molecule has 0 saturated carbocycles. The van der Waals surface area contributed by atoms with Gasteiger partial charge >= 0.3 is 7.82 Å². The number of quaternary nitrogens is 1. The van der Waals surface area contributed by atoms with Crippen LogP contribution in [0.15, 0.2) is 24.3 Å². The van der Waals surface area contributed by atoms with E-state index in [4.69, 9.17) is 13.8 Å². The van der Waals surface area contributed by atoms with Crippen molar-refractivity contribution in [1.82, 2.24) is 0 Å². The first-order valence-electron chi connectivity index (χ1n) is 15.5. The summed E-state index contributed by atoms with van der Waals surface area (Å²) in [7, 11) is -2.27. The first kappa shape index (κ1) is 35.8. The van der Waals surface area contributed by atoms with E-state index in [1.807, 2.05) is 43.6 Å². The van der Waals surface area contributed by atoms with Crippen LogP contribution in [0, 0.1) is 5.92 Å². The summed E-state index contributed by atoms with van der Waals surface area (Å²) in [6.45, 7) is 5.66. The number of benzene rings is 1. The lowest BCUT2D eigenvalue weighted by Crippen LogP contribution is -2.80. The Morgan fingerprint density at radius 2 is 1.44 bits per heavy atom. The smallest absolute Gasteiger partial charge is 0.472 e. The van der Waals surface area contributed by atoms with Crippen LogP contribution in [0.2, 0.25) is 0 Å². The zero-order valence-electron chi connectivity index (χ0n) is 25.0. The Bertz CT molecular complexity index is 773. The number of likely N-dealkylation sites (N-methyl/N-ethyl adjacent to an activating group) is 1. The first-order chi connectivity index (χ1) is 18.9. The van der Waals surface area contributed by atoms with Gasteiger partial charge in [-0.15, -0.1) is 0 Å². The molecule has 0 bridgehead atoms. The molecule has 0 aliphatic carbocycles. The predicted molar refractivity (Wildman–Crippen MR) is 159 cm³/mol. The summed E-state index contributed by atoms with van der Waals surface area (Å²) in [4.78, 5) is 22.2. The molecule has 226 valence electrons. The molecule has 2 unspecified atom stereocenters. The number of carbonyl (C=O) groups excluding carboxylic acids is 1. The van der Waals surface area contributed by atoms with Gasteiger partial charge in [0.25, 0.3) is 0 Å². The van der Waals surface area contributed by atoms with Gasteiger partial charge in [-0.05, 0) is 42.9 Å². The molecule has 0 fully saturated rings. The van der Waals surface area contributed by atoms with E-state index in [1.54, 1.807) is 0 Å². The van der Waals surface area contributed by atoms with Gasteiger partial charge in [-0.3, -0.25) is 13.8 Å². The number of Topliss-reactive ketones (excluding diaryl/α,β-unsaturated/α-hetero) is 1. The Balaban J connectivity index is 2.33. The van der Waals surface area contributed by atoms with Crippen LogP contribution in [0.3, 0.4) is 0 Å². The molecule has 2 atom stereocenters. The Labute approximate surface area is 238 Å². The average Bonchev–Trinajstić information content (AvgIpc) is 2.91. The van der Waals surface area contributed by atoms with Gasteiger partial charge in [-0.25, -0.2) is 4.57 Å². The summed E-state index contributed by atoms with van der Waals surface area (Å²) in [5, 5.41) is 1.86. The molecule has 0 amide bonds. The highest BCUT2D eigenvalue weighted by Crippen LogP contribution is 2.43. The molecule has 0 spiro atoms. The highest BCUT2D eigenvalue weighted by atomic mass is 31.2. The molecule has 1 aromatic rings. The number of rotatable bonds is 27. The van der Waals surface area contributed by atoms with Crippen molar-refractivity contribution in [3.63, 3.8) is 0 Å². The summed E-state index contributed by atoms with van der Waals surface area (Å²) < 4.78 is 28.3. The number of phosphoric acid groups is 1. The van der Waals surface area contributed by atoms with Crippen LogP contribution in [0.25, 0.3) is 0 Å². The third kappa shape index (κ3) is 20.3. The zero-order chi connectivity index (χ0) is 28.6. The number of nitrogens with two attached hydrogens (primary N) is 1. The number of hydrogen-bond acceptors (Lipinski definition) is 5. The highest BCUT2D eigenvalue weighted by molar-refractivity contribution is 7.47. The third-order valence-corrected chi connectivity index (χ3v) is 7.88. The minimum Gasteiger partial charge on any atom is -0.494 e. The van der Waals surface area contributed by atoms with Gasteiger partial charge in [0.05, 0.1) is 26.8 Å². The largest absolute Gasteiger partial charge is 0.494 e. The van der Waals surface area contributed by atoms with Crippen molar-refractivity contribution in [2.45, 2.75) is 117 Å². The molecule has 0 heterocycles. The fraction of sp³-hybridized carbons (Fsp3) is 0.774. The van der Waals surface area contributed by atoms with Crippen LogP contribution in [0.5, 0.6) is 5.75 Å². The van der Waals surface area contributed by atoms with Crippen LogP contribution >= 0.6 is 7.82 Å². The molecule has 8 heteroatoms. The fourth-order valence-electron chi connectivity index (χ4n) is 4.60. The Morgan fingerprint density at radius 3 is 2.00 bits per heavy atom. The molecule has 1 aromatic carbocycles. The zero-order valence-corrected chi connectivity index (χ0v) is 25.9. The Kier molecular flexibility index (Phi) is 21.5. The minimum atomic E-state index is -4.13. The molecule has 0 aromatic heterocycles. The normalized spacial score (nSPS) is 13.7. The molecule has 0 saturated heterocycles. The quantitative estimate of drug-likeness (QED) is 0.0872. The molecule has 0 radical (unpaired) electrons. The van der Waals surface area contributed by atoms with E-state index in [0.29, 0.717) is 25.8 Å². The van der Waals surface area contributed by atoms with Crippen LogP contribution < -0.4 is 10.1 Å². The Morgan fingerprint density at radius 1 is 0.846 bits per heavy atom. The van der Waals surface area contributed by atoms with E-state index >= 15 is 0 Å². The van der Waals surface area contributed by atoms with Crippen LogP contribution in [0.4, 0.5) is 0 Å². The van der Waals surface area contributed by atoms with Crippen LogP contribution in [-0.4, -0.2) is 44.1 Å². The van der Waals surface area contributed by atoms with Crippen molar-refractivity contribution in [3.05, 3.63) is 29.8 Å². The lowest BCUT2D eigenvalue weighted by Gasteiger charge is -2.19. The number of unbranched alkanes of at least 4 members (excludes halogenated alkanes) is 11. The van der Waals surface area contributed by atoms with E-state index in [9.17, 15) is 14.3 Å². The average molecular weight is 571 g/mol. The summed E-state index contributed by atoms with van der Waals surface area (Å²) in [5.41, 5.74) is 1.04. The molecule has 1 rings (SSSR count). The first-order valence-corrected chi connectivity index (χ1v) is 17.0. The number of ketones is 1. The standard InChI is InChI=1S/C31H56NO6P/c1-4-6-7-8-9-10-11-12-13-14-15-16-23-36-31-20-18-28(19-21-31)25-29(26-30(33)17-5-2)27-38-39(34,35)37-24-22-32-3/h18-21,29,32H,4-17,22-27H2,1-3H3,(H,34,35)/p+1. The van der Waals surface area contributed by atoms with Gasteiger partial charge < -0.3 is 14.9 Å². The molecular formula is C31H57NO6P+. The van der Waals surface area contributed by atoms with Gasteiger partial charge in [-0.2, -0.15) is 0 Å². The summed E-state index contributed by atoms with van der Waals surface area (Å²) >= 11 is 0. The maximum Gasteiger partial charge on any atom is 0.472 e. The maximum absolute atomic E-state index is 12.3. The van der Waals surface area contributed by atoms with E-state index < -0.39 is 7.82 Å². The van der Waals surface area contributed by atoms with Gasteiger partial charge in [0, 0.05) is 12.8 Å². The van der Waals surface area contributed by atoms with Crippen molar-refractivity contribution < 1.29 is 33.4 Å². The molecule has 0 aliphatic heterocycles. The van der Waals surface area contributed by atoms with Crippen LogP contribution in [-0.2, 0) is 24.8 Å². The summed E-state index contributed by atoms with van der Waals surface area (Å²) in [6.07, 6.45) is 18.1. The monoisotopic (exact) mass is 570 g/mol. The van der Waals surface area contributed by atoms with E-state index in [2.05, 4.69) is 6.92 Å². The second-order valence-corrected chi connectivity index (χ2v) is 12.2. The van der Waals surface area contributed by atoms with E-state index in [-0.39, 0.29) is 24.9 Å². The van der Waals surface area contributed by atoms with E-state index in [0.717, 1.165) is 30.8 Å². The molecule has 7 nitrogen and oxygen atoms in total. The number of hydrogen-bond donors (Lipinski definition) is 2. The van der Waals surface area contributed by atoms with Crippen LogP contribution in [0.1, 0.15) is 116 Å². The van der Waals surface area contributed by atoms with Gasteiger partial charge in [0.1, 0.15) is 18.1 Å². The second-order valence-electron chi connectivity index (χ2n) is 10.7. The van der Waals surface area contributed by atoms with Gasteiger partial charge in [-0.1, -0.05) is 96.6 Å². The molecular weight excluding hydrogens is 513 g/mol. The van der Waals surface area contributed by atoms with Crippen molar-refractivity contribution >= 4 is 13.6 Å². The number of phosphoric ester groups is 1. The molecule has 39 heavy (non-hydrogen) atoms. The van der Waals surface area contributed by atoms with Gasteiger partial charge in [0.15, 0.2) is 0 Å². The lowest BCUT2D eigenvalue weighted by molar-refractivity contribution is -0.627. The Hall–Kier alpha value is -1.24. The fourth-order valence-corrected chi connectivity index (χ4v) is 5.41. The number of carbonyl (C=O) groups is 1. The lowest BCUT2D eigenvalue weighted by atomic mass is 9.94. The third-order valence-electron chi connectivity index (χ3n) is 6.89. The topological polar surface area (TPSA) is 98.7 Å². The molecule has 3 N–H and O–H groups in total. The minimum absolute atomic E-state index is 0.00369. The van der Waals surface area contributed by atoms with Crippen molar-refractivity contribution in [2.24, 2.45) is 5.92 Å². The predicted octanol–water partition coefficient (Wildman–Crippen LogP) is 7.01. The number of ether oxygens (including phenoxy) is 1. The SMILES string of the molecule is CCCCCCCCCCCCCCOc1ccc(CC(COP(=O)(O)OCC[NH2+]C)CC(=O)CCC)cc1. The van der Waals surface area contributed by atoms with Gasteiger partial charge in [0.2, 0.25) is 0 Å². The highest BCUT2D eigenvalue weighted by Gasteiger charge is 2.24. The maximum atomic E-state index is 12.3. The van der Waals surface area contributed by atoms with Crippen molar-refractivity contribution in [1.29, 1.82) is 0 Å². The van der Waals surface area contributed by atoms with Crippen molar-refractivity contribution in [2.75, 3.05) is 33.4 Å². The molecule has 0 aliphatic rings. The summed E-state index contributed by atoms with van der Waals surface area (Å²) in [6, 6.07) is 7.92. The van der Waals surface area contributed by atoms with Crippen molar-refractivity contribution in [3.8, 4) is 5.75 Å². The van der Waals surface area contributed by atoms with E-state index in [1.165, 1.54) is 70.6 Å².